The van der Waals surface area contributed by atoms with Gasteiger partial charge in [0.25, 0.3) is 6.29 Å². The van der Waals surface area contributed by atoms with Crippen LogP contribution in [0.1, 0.15) is 58.3 Å². The molecule has 0 radical (unpaired) electrons. The summed E-state index contributed by atoms with van der Waals surface area (Å²) in [7, 11) is 1.32. The van der Waals surface area contributed by atoms with Crippen LogP contribution in [-0.4, -0.2) is 31.1 Å². The molecule has 1 atom stereocenters. The highest BCUT2D eigenvalue weighted by Gasteiger charge is 2.15. The minimum absolute atomic E-state index is 0.372. The van der Waals surface area contributed by atoms with E-state index in [2.05, 4.69) is 79.8 Å². The Labute approximate surface area is 177 Å². The first kappa shape index (κ1) is 26.8. The zero-order chi connectivity index (χ0) is 21.4. The number of methoxy groups -OCH3 is 1. The van der Waals surface area contributed by atoms with Crippen LogP contribution in [0.4, 0.5) is 0 Å². The number of ether oxygens (including phenoxy) is 2. The van der Waals surface area contributed by atoms with E-state index in [1.165, 1.54) is 7.11 Å². The molecule has 0 saturated carbocycles. The van der Waals surface area contributed by atoms with E-state index < -0.39 is 12.3 Å². The molecule has 162 valence electrons. The molecule has 0 aromatic heterocycles. The van der Waals surface area contributed by atoms with Crippen molar-refractivity contribution in [1.82, 2.24) is 0 Å². The van der Waals surface area contributed by atoms with Gasteiger partial charge in [0.15, 0.2) is 0 Å². The van der Waals surface area contributed by atoms with Crippen molar-refractivity contribution in [1.29, 1.82) is 0 Å². The van der Waals surface area contributed by atoms with Gasteiger partial charge in [-0.15, -0.1) is 0 Å². The lowest BCUT2D eigenvalue weighted by Gasteiger charge is -2.10. The molecule has 0 fully saturated rings. The number of carboxylic acids is 1. The molecule has 0 aliphatic heterocycles. The van der Waals surface area contributed by atoms with Crippen molar-refractivity contribution in [3.8, 4) is 0 Å². The summed E-state index contributed by atoms with van der Waals surface area (Å²) in [5.74, 6) is -1.10. The molecule has 0 rings (SSSR count). The Kier molecular flexibility index (Phi) is 20.5. The van der Waals surface area contributed by atoms with Crippen LogP contribution in [0.15, 0.2) is 72.9 Å². The van der Waals surface area contributed by atoms with Crippen LogP contribution in [0.3, 0.4) is 0 Å². The van der Waals surface area contributed by atoms with Crippen LogP contribution >= 0.6 is 0 Å². The van der Waals surface area contributed by atoms with Gasteiger partial charge in [0, 0.05) is 7.11 Å². The number of carbonyl (C=O) groups is 1. The summed E-state index contributed by atoms with van der Waals surface area (Å²) in [6, 6.07) is 0. The minimum Gasteiger partial charge on any atom is -0.477 e. The minimum atomic E-state index is -1.17. The van der Waals surface area contributed by atoms with E-state index in [-0.39, 0.29) is 0 Å². The number of hydrogen-bond acceptors (Lipinski definition) is 3. The van der Waals surface area contributed by atoms with Crippen molar-refractivity contribution in [2.45, 2.75) is 64.6 Å². The Hall–Kier alpha value is -2.17. The van der Waals surface area contributed by atoms with E-state index in [1.54, 1.807) is 0 Å². The Balaban J connectivity index is 3.56. The van der Waals surface area contributed by atoms with E-state index in [1.807, 2.05) is 0 Å². The van der Waals surface area contributed by atoms with Crippen molar-refractivity contribution >= 4 is 5.97 Å². The fraction of sp³-hybridized carbons (Fsp3) is 0.480. The molecule has 4 nitrogen and oxygen atoms in total. The predicted octanol–water partition coefficient (Wildman–Crippen LogP) is 6.54. The smallest absolute Gasteiger partial charge is 0.361 e. The zero-order valence-electron chi connectivity index (χ0n) is 18.0. The Morgan fingerprint density at radius 1 is 0.759 bits per heavy atom. The highest BCUT2D eigenvalue weighted by atomic mass is 16.7. The van der Waals surface area contributed by atoms with Gasteiger partial charge in [-0.25, -0.2) is 4.79 Å². The van der Waals surface area contributed by atoms with Crippen LogP contribution in [0.25, 0.3) is 0 Å². The first-order valence-corrected chi connectivity index (χ1v) is 10.5. The normalized spacial score (nSPS) is 14.0. The summed E-state index contributed by atoms with van der Waals surface area (Å²) in [4.78, 5) is 10.7. The first-order chi connectivity index (χ1) is 14.2. The van der Waals surface area contributed by atoms with Crippen molar-refractivity contribution in [2.24, 2.45) is 0 Å². The Morgan fingerprint density at radius 3 is 1.55 bits per heavy atom. The van der Waals surface area contributed by atoms with Crippen molar-refractivity contribution in [3.05, 3.63) is 72.9 Å². The van der Waals surface area contributed by atoms with E-state index in [0.717, 1.165) is 51.4 Å². The van der Waals surface area contributed by atoms with Crippen molar-refractivity contribution < 1.29 is 19.4 Å². The highest BCUT2D eigenvalue weighted by Crippen LogP contribution is 2.00. The van der Waals surface area contributed by atoms with E-state index in [4.69, 9.17) is 14.6 Å². The lowest BCUT2D eigenvalue weighted by atomic mass is 10.2. The van der Waals surface area contributed by atoms with Crippen LogP contribution in [-0.2, 0) is 14.3 Å². The molecule has 29 heavy (non-hydrogen) atoms. The average molecular weight is 403 g/mol. The lowest BCUT2D eigenvalue weighted by molar-refractivity contribution is -0.183. The largest absolute Gasteiger partial charge is 0.477 e. The van der Waals surface area contributed by atoms with E-state index >= 15 is 0 Å². The Morgan fingerprint density at radius 2 is 1.17 bits per heavy atom. The van der Waals surface area contributed by atoms with Gasteiger partial charge >= 0.3 is 5.97 Å². The molecule has 4 heteroatoms. The number of allylic oxidation sites excluding steroid dienone is 12. The van der Waals surface area contributed by atoms with Gasteiger partial charge in [-0.05, 0) is 51.4 Å². The van der Waals surface area contributed by atoms with Gasteiger partial charge in [-0.2, -0.15) is 0 Å². The second-order valence-corrected chi connectivity index (χ2v) is 6.33. The zero-order valence-corrected chi connectivity index (χ0v) is 18.0. The fourth-order valence-corrected chi connectivity index (χ4v) is 2.27. The van der Waals surface area contributed by atoms with Gasteiger partial charge in [0.05, 0.1) is 6.61 Å². The van der Waals surface area contributed by atoms with E-state index in [9.17, 15) is 4.79 Å². The Bertz CT molecular complexity index is 553. The van der Waals surface area contributed by atoms with Crippen molar-refractivity contribution in [3.63, 3.8) is 0 Å². The van der Waals surface area contributed by atoms with Crippen molar-refractivity contribution in [2.75, 3.05) is 13.7 Å². The number of unbranched alkanes of at least 4 members (excludes halogenated alkanes) is 1. The number of rotatable bonds is 18. The standard InChI is InChI=1S/C25H38O4/c1-3-4-5-6-7-8-9-10-11-12-13-14-15-16-17-18-19-20-21-22-23-29-25(28-2)24(26)27/h4-5,7-8,10-11,13-14,16-17,19-20,25H,3,6,9,12,15,18,21-23H2,1-2H3,(H,26,27)/b5-4-,8-7-,11-10-,14-13-,17-16-,20-19-. The maximum absolute atomic E-state index is 10.7. The van der Waals surface area contributed by atoms with Gasteiger partial charge in [-0.3, -0.25) is 0 Å². The molecule has 0 aliphatic rings. The molecule has 0 heterocycles. The second-order valence-electron chi connectivity index (χ2n) is 6.33. The molecule has 0 spiro atoms. The highest BCUT2D eigenvalue weighted by molar-refractivity contribution is 5.70. The summed E-state index contributed by atoms with van der Waals surface area (Å²) in [5, 5.41) is 8.75. The monoisotopic (exact) mass is 402 g/mol. The van der Waals surface area contributed by atoms with Crippen LogP contribution < -0.4 is 0 Å². The molecular formula is C25H38O4. The lowest BCUT2D eigenvalue weighted by Crippen LogP contribution is -2.26. The van der Waals surface area contributed by atoms with Gasteiger partial charge < -0.3 is 14.6 Å². The summed E-state index contributed by atoms with van der Waals surface area (Å²) in [6.07, 6.45) is 32.5. The summed E-state index contributed by atoms with van der Waals surface area (Å²) < 4.78 is 9.79. The first-order valence-electron chi connectivity index (χ1n) is 10.5. The molecule has 1 unspecified atom stereocenters. The third kappa shape index (κ3) is 20.4. The van der Waals surface area contributed by atoms with Gasteiger partial charge in [0.2, 0.25) is 0 Å². The van der Waals surface area contributed by atoms with Crippen LogP contribution in [0.5, 0.6) is 0 Å². The number of carboxylic acid groups (broad SMARTS) is 1. The quantitative estimate of drug-likeness (QED) is 0.161. The maximum atomic E-state index is 10.7. The summed E-state index contributed by atoms with van der Waals surface area (Å²) in [5.41, 5.74) is 0. The van der Waals surface area contributed by atoms with E-state index in [0.29, 0.717) is 6.61 Å². The molecule has 0 aromatic rings. The van der Waals surface area contributed by atoms with Crippen LogP contribution in [0, 0.1) is 0 Å². The third-order valence-electron chi connectivity index (χ3n) is 3.80. The predicted molar refractivity (Wildman–Crippen MR) is 122 cm³/mol. The molecule has 0 aliphatic carbocycles. The summed E-state index contributed by atoms with van der Waals surface area (Å²) >= 11 is 0. The molecule has 0 bridgehead atoms. The average Bonchev–Trinajstić information content (AvgIpc) is 2.71. The number of aliphatic carboxylic acids is 1. The molecule has 0 amide bonds. The van der Waals surface area contributed by atoms with Gasteiger partial charge in [0.1, 0.15) is 0 Å². The molecule has 0 aromatic carbocycles. The molecular weight excluding hydrogens is 364 g/mol. The van der Waals surface area contributed by atoms with Crippen LogP contribution in [0.2, 0.25) is 0 Å². The topological polar surface area (TPSA) is 55.8 Å². The number of hydrogen-bond donors (Lipinski definition) is 1. The second kappa shape index (κ2) is 22.1. The molecule has 0 saturated heterocycles. The SMILES string of the molecule is CC/C=C\C/C=C\C/C=C\C/C=C\C/C=C\C/C=C\CCCOC(OC)C(=O)O. The fourth-order valence-electron chi connectivity index (χ4n) is 2.27. The third-order valence-corrected chi connectivity index (χ3v) is 3.80. The maximum Gasteiger partial charge on any atom is 0.361 e. The van der Waals surface area contributed by atoms with Gasteiger partial charge in [-0.1, -0.05) is 79.8 Å². The summed E-state index contributed by atoms with van der Waals surface area (Å²) in [6.45, 7) is 2.52. The molecule has 1 N–H and O–H groups in total.